The number of carboxylic acids is 1. The van der Waals surface area contributed by atoms with Gasteiger partial charge in [0.2, 0.25) is 0 Å². The Labute approximate surface area is 141 Å². The Morgan fingerprint density at radius 1 is 1.29 bits per heavy atom. The van der Waals surface area contributed by atoms with Gasteiger partial charge in [-0.1, -0.05) is 12.7 Å². The summed E-state index contributed by atoms with van der Waals surface area (Å²) < 4.78 is 10.1. The molecule has 0 fully saturated rings. The zero-order valence-electron chi connectivity index (χ0n) is 13.2. The van der Waals surface area contributed by atoms with Crippen LogP contribution in [-0.4, -0.2) is 36.2 Å². The number of hydrogen-bond acceptors (Lipinski definition) is 7. The van der Waals surface area contributed by atoms with Crippen molar-refractivity contribution in [2.24, 2.45) is 0 Å². The first-order valence-electron chi connectivity index (χ1n) is 6.88. The number of carboxylic acid groups (broad SMARTS) is 1. The molecule has 0 atom stereocenters. The molecule has 2 aromatic rings. The normalized spacial score (nSPS) is 10.3. The summed E-state index contributed by atoms with van der Waals surface area (Å²) in [6, 6.07) is 2.42. The highest BCUT2D eigenvalue weighted by Crippen LogP contribution is 2.33. The molecule has 0 aliphatic heterocycles. The number of benzene rings is 1. The first-order chi connectivity index (χ1) is 11.4. The predicted octanol–water partition coefficient (Wildman–Crippen LogP) is 1.75. The molecule has 8 nitrogen and oxygen atoms in total. The Hall–Kier alpha value is -2.81. The number of nitrogens with one attached hydrogen (secondary N) is 1. The van der Waals surface area contributed by atoms with E-state index in [1.165, 1.54) is 20.3 Å². The van der Waals surface area contributed by atoms with Gasteiger partial charge in [0.15, 0.2) is 22.3 Å². The van der Waals surface area contributed by atoms with E-state index < -0.39 is 17.6 Å². The van der Waals surface area contributed by atoms with Crippen LogP contribution in [0, 0.1) is 0 Å². The summed E-state index contributed by atoms with van der Waals surface area (Å²) in [6.07, 6.45) is 0.471. The van der Waals surface area contributed by atoms with Gasteiger partial charge in [0.05, 0.1) is 14.2 Å². The molecule has 0 radical (unpaired) electrons. The van der Waals surface area contributed by atoms with Crippen LogP contribution in [0.5, 0.6) is 17.2 Å². The summed E-state index contributed by atoms with van der Waals surface area (Å²) in [7, 11) is 2.77. The SMILES string of the molecule is CCc1sc(NC(=O)c2cc(OC)c(OC)cc2[O-])nc1C(=O)O. The Bertz CT molecular complexity index is 787. The van der Waals surface area contributed by atoms with Crippen molar-refractivity contribution in [3.05, 3.63) is 28.3 Å². The van der Waals surface area contributed by atoms with Crippen LogP contribution in [0.2, 0.25) is 0 Å². The molecule has 0 saturated carbocycles. The van der Waals surface area contributed by atoms with Crippen molar-refractivity contribution in [3.8, 4) is 17.2 Å². The summed E-state index contributed by atoms with van der Waals surface area (Å²) in [5.74, 6) is -1.96. The standard InChI is InChI=1S/C15H16N2O6S/c1-4-11-12(14(20)21)16-15(24-11)17-13(19)7-5-9(22-2)10(23-3)6-8(7)18/h5-6,18H,4H2,1-3H3,(H,20,21)(H,16,17,19)/p-1. The smallest absolute Gasteiger partial charge is 0.355 e. The van der Waals surface area contributed by atoms with E-state index in [0.29, 0.717) is 11.3 Å². The minimum atomic E-state index is -1.17. The van der Waals surface area contributed by atoms with Crippen LogP contribution in [-0.2, 0) is 6.42 Å². The van der Waals surface area contributed by atoms with E-state index in [2.05, 4.69) is 10.3 Å². The molecule has 9 heteroatoms. The molecule has 1 heterocycles. The number of carbonyl (C=O) groups excluding carboxylic acids is 1. The molecular formula is C15H15N2O6S-. The van der Waals surface area contributed by atoms with Crippen molar-refractivity contribution >= 4 is 28.3 Å². The van der Waals surface area contributed by atoms with Crippen LogP contribution in [0.3, 0.4) is 0 Å². The maximum Gasteiger partial charge on any atom is 0.355 e. The summed E-state index contributed by atoms with van der Waals surface area (Å²) in [5, 5.41) is 23.7. The molecule has 0 bridgehead atoms. The fourth-order valence-electron chi connectivity index (χ4n) is 2.01. The number of aromatic carboxylic acids is 1. The van der Waals surface area contributed by atoms with Crippen LogP contribution >= 0.6 is 11.3 Å². The molecule has 0 spiro atoms. The number of aromatic nitrogens is 1. The average Bonchev–Trinajstić information content (AvgIpc) is 2.97. The zero-order valence-corrected chi connectivity index (χ0v) is 14.0. The summed E-state index contributed by atoms with van der Waals surface area (Å²) in [6.45, 7) is 1.79. The van der Waals surface area contributed by atoms with Crippen molar-refractivity contribution in [3.63, 3.8) is 0 Å². The molecule has 2 N–H and O–H groups in total. The van der Waals surface area contributed by atoms with Gasteiger partial charge in [-0.15, -0.1) is 11.3 Å². The lowest BCUT2D eigenvalue weighted by atomic mass is 10.1. The van der Waals surface area contributed by atoms with Crippen molar-refractivity contribution in [2.45, 2.75) is 13.3 Å². The number of hydrogen-bond donors (Lipinski definition) is 2. The number of methoxy groups -OCH3 is 2. The third-order valence-electron chi connectivity index (χ3n) is 3.17. The van der Waals surface area contributed by atoms with Crippen molar-refractivity contribution in [2.75, 3.05) is 19.5 Å². The number of ether oxygens (including phenoxy) is 2. The summed E-state index contributed by atoms with van der Waals surface area (Å²) >= 11 is 1.05. The van der Waals surface area contributed by atoms with E-state index in [-0.39, 0.29) is 27.9 Å². The predicted molar refractivity (Wildman–Crippen MR) is 85.4 cm³/mol. The van der Waals surface area contributed by atoms with Gasteiger partial charge in [0.1, 0.15) is 0 Å². The number of carbonyl (C=O) groups is 2. The first kappa shape index (κ1) is 17.5. The molecule has 2 rings (SSSR count). The van der Waals surface area contributed by atoms with Gasteiger partial charge < -0.3 is 19.7 Å². The number of anilines is 1. The molecule has 1 amide bonds. The monoisotopic (exact) mass is 351 g/mol. The minimum absolute atomic E-state index is 0.104. The van der Waals surface area contributed by atoms with Crippen LogP contribution in [0.4, 0.5) is 5.13 Å². The van der Waals surface area contributed by atoms with E-state index in [1.54, 1.807) is 6.92 Å². The number of nitrogens with zero attached hydrogens (tertiary/aromatic N) is 1. The summed E-state index contributed by atoms with van der Waals surface area (Å²) in [5.41, 5.74) is -0.259. The topological polar surface area (TPSA) is 121 Å². The molecular weight excluding hydrogens is 336 g/mol. The minimum Gasteiger partial charge on any atom is -0.872 e. The Kier molecular flexibility index (Phi) is 5.24. The van der Waals surface area contributed by atoms with E-state index >= 15 is 0 Å². The Morgan fingerprint density at radius 2 is 1.92 bits per heavy atom. The van der Waals surface area contributed by atoms with Gasteiger partial charge in [0, 0.05) is 10.4 Å². The second-order valence-corrected chi connectivity index (χ2v) is 5.69. The number of aryl methyl sites for hydroxylation is 1. The molecule has 128 valence electrons. The van der Waals surface area contributed by atoms with Gasteiger partial charge in [-0.2, -0.15) is 0 Å². The quantitative estimate of drug-likeness (QED) is 0.813. The fraction of sp³-hybridized carbons (Fsp3) is 0.267. The second kappa shape index (κ2) is 7.18. The number of thiazole rings is 1. The van der Waals surface area contributed by atoms with E-state index in [1.807, 2.05) is 0 Å². The highest BCUT2D eigenvalue weighted by molar-refractivity contribution is 7.16. The highest BCUT2D eigenvalue weighted by atomic mass is 32.1. The molecule has 0 unspecified atom stereocenters. The third kappa shape index (κ3) is 3.40. The lowest BCUT2D eigenvalue weighted by molar-refractivity contribution is -0.268. The molecule has 0 aliphatic rings. The first-order valence-corrected chi connectivity index (χ1v) is 7.70. The molecule has 24 heavy (non-hydrogen) atoms. The van der Waals surface area contributed by atoms with Crippen LogP contribution in [0.25, 0.3) is 0 Å². The fourth-order valence-corrected chi connectivity index (χ4v) is 2.90. The number of rotatable bonds is 6. The average molecular weight is 351 g/mol. The molecule has 1 aromatic heterocycles. The lowest BCUT2D eigenvalue weighted by Gasteiger charge is -2.16. The van der Waals surface area contributed by atoms with Crippen molar-refractivity contribution in [1.82, 2.24) is 4.98 Å². The van der Waals surface area contributed by atoms with Crippen molar-refractivity contribution < 1.29 is 29.3 Å². The van der Waals surface area contributed by atoms with E-state index in [4.69, 9.17) is 14.6 Å². The van der Waals surface area contributed by atoms with Gasteiger partial charge in [-0.05, 0) is 18.6 Å². The third-order valence-corrected chi connectivity index (χ3v) is 4.29. The van der Waals surface area contributed by atoms with Gasteiger partial charge in [0.25, 0.3) is 5.91 Å². The maximum absolute atomic E-state index is 12.3. The van der Waals surface area contributed by atoms with Crippen molar-refractivity contribution in [1.29, 1.82) is 0 Å². The largest absolute Gasteiger partial charge is 0.872 e. The molecule has 0 saturated heterocycles. The van der Waals surface area contributed by atoms with E-state index in [0.717, 1.165) is 17.4 Å². The van der Waals surface area contributed by atoms with Crippen LogP contribution in [0.1, 0.15) is 32.6 Å². The van der Waals surface area contributed by atoms with Gasteiger partial charge in [-0.3, -0.25) is 10.1 Å². The van der Waals surface area contributed by atoms with Crippen LogP contribution < -0.4 is 19.9 Å². The highest BCUT2D eigenvalue weighted by Gasteiger charge is 2.19. The molecule has 1 aromatic carbocycles. The maximum atomic E-state index is 12.3. The van der Waals surface area contributed by atoms with Crippen LogP contribution in [0.15, 0.2) is 12.1 Å². The lowest BCUT2D eigenvalue weighted by Crippen LogP contribution is -2.15. The zero-order chi connectivity index (χ0) is 17.9. The second-order valence-electron chi connectivity index (χ2n) is 4.61. The Balaban J connectivity index is 2.32. The Morgan fingerprint density at radius 3 is 2.42 bits per heavy atom. The molecule has 0 aliphatic carbocycles. The van der Waals surface area contributed by atoms with E-state index in [9.17, 15) is 14.7 Å². The van der Waals surface area contributed by atoms with Gasteiger partial charge >= 0.3 is 5.97 Å². The summed E-state index contributed by atoms with van der Waals surface area (Å²) in [4.78, 5) is 27.8. The number of amides is 1. The van der Waals surface area contributed by atoms with Gasteiger partial charge in [-0.25, -0.2) is 9.78 Å².